The van der Waals surface area contributed by atoms with Crippen molar-refractivity contribution in [2.75, 3.05) is 41.7 Å². The summed E-state index contributed by atoms with van der Waals surface area (Å²) in [6, 6.07) is 12.1. The van der Waals surface area contributed by atoms with Gasteiger partial charge in [0.1, 0.15) is 11.6 Å². The molecule has 0 aliphatic carbocycles. The highest BCUT2D eigenvalue weighted by Crippen LogP contribution is 2.36. The van der Waals surface area contributed by atoms with Crippen LogP contribution in [0.15, 0.2) is 47.5 Å². The van der Waals surface area contributed by atoms with E-state index in [2.05, 4.69) is 4.90 Å². The molecule has 0 saturated carbocycles. The van der Waals surface area contributed by atoms with Crippen molar-refractivity contribution in [2.45, 2.75) is 45.3 Å². The molecule has 3 aliphatic heterocycles. The quantitative estimate of drug-likeness (QED) is 0.351. The number of halogens is 1. The van der Waals surface area contributed by atoms with E-state index in [1.165, 1.54) is 12.1 Å². The van der Waals surface area contributed by atoms with Gasteiger partial charge in [-0.3, -0.25) is 24.2 Å². The van der Waals surface area contributed by atoms with Crippen LogP contribution in [0, 0.1) is 12.7 Å². The maximum absolute atomic E-state index is 14.5. The second-order valence-electron chi connectivity index (χ2n) is 11.2. The van der Waals surface area contributed by atoms with E-state index in [0.29, 0.717) is 60.1 Å². The number of imidazole rings is 1. The minimum absolute atomic E-state index is 0.00670. The Bertz CT molecular complexity index is 1730. The summed E-state index contributed by atoms with van der Waals surface area (Å²) in [4.78, 5) is 39.6. The first kappa shape index (κ1) is 26.3. The first-order valence-electron chi connectivity index (χ1n) is 14.4. The second kappa shape index (κ2) is 10.4. The van der Waals surface area contributed by atoms with Crippen molar-refractivity contribution in [3.05, 3.63) is 71.1 Å². The normalized spacial score (nSPS) is 18.7. The summed E-state index contributed by atoms with van der Waals surface area (Å²) >= 11 is 0. The molecule has 1 fully saturated rings. The molecule has 11 nitrogen and oxygen atoms in total. The predicted octanol–water partition coefficient (Wildman–Crippen LogP) is 3.05. The van der Waals surface area contributed by atoms with E-state index in [1.807, 2.05) is 40.7 Å². The predicted molar refractivity (Wildman–Crippen MR) is 160 cm³/mol. The molecular formula is C30H33FN10O. The number of anilines is 3. The Morgan fingerprint density at radius 3 is 2.76 bits per heavy atom. The number of amides is 1. The summed E-state index contributed by atoms with van der Waals surface area (Å²) in [5, 5.41) is 0.972. The van der Waals surface area contributed by atoms with Crippen LogP contribution in [0.1, 0.15) is 46.8 Å². The van der Waals surface area contributed by atoms with Crippen LogP contribution in [-0.4, -0.2) is 68.5 Å². The lowest BCUT2D eigenvalue weighted by Crippen LogP contribution is -2.54. The maximum Gasteiger partial charge on any atom is 0.281 e. The number of aromatic nitrogens is 4. The third-order valence-corrected chi connectivity index (χ3v) is 8.22. The van der Waals surface area contributed by atoms with Crippen molar-refractivity contribution in [1.82, 2.24) is 24.4 Å². The van der Waals surface area contributed by atoms with Gasteiger partial charge in [-0.1, -0.05) is 18.2 Å². The number of rotatable bonds is 5. The van der Waals surface area contributed by atoms with Gasteiger partial charge in [-0.2, -0.15) is 4.98 Å². The standard InChI is InChI=1S/C30H33FN10O/c1-18-22-7-2-3-8-24(22)36-25(35-18)17-41-28(42)26-27(39-13-5-11-34-29(39)41)37-30(38-12-4-6-21(32)16-38)40(26)15-19-14-20(31)9-10-23(19)33/h2-3,7-10,14,21H,4-6,11-13,15-17,32-33H2,1H3/t21-/m1/s1. The van der Waals surface area contributed by atoms with Gasteiger partial charge in [0, 0.05) is 49.0 Å². The molecule has 2 aromatic heterocycles. The number of aliphatic imine (C=N–C) groups is 1. The van der Waals surface area contributed by atoms with Crippen molar-refractivity contribution in [1.29, 1.82) is 0 Å². The highest BCUT2D eigenvalue weighted by molar-refractivity contribution is 6.17. The van der Waals surface area contributed by atoms with Crippen LogP contribution < -0.4 is 21.3 Å². The molecule has 12 heteroatoms. The molecule has 42 heavy (non-hydrogen) atoms. The van der Waals surface area contributed by atoms with E-state index in [-0.39, 0.29) is 25.0 Å². The average molecular weight is 569 g/mol. The Hall–Kier alpha value is -4.58. The minimum Gasteiger partial charge on any atom is -0.398 e. The van der Waals surface area contributed by atoms with E-state index >= 15 is 0 Å². The summed E-state index contributed by atoms with van der Waals surface area (Å²) in [5.74, 6) is 1.60. The van der Waals surface area contributed by atoms with Crippen LogP contribution in [0.5, 0.6) is 0 Å². The molecule has 0 spiro atoms. The lowest BCUT2D eigenvalue weighted by Gasteiger charge is -2.38. The fraction of sp³-hybridized carbons (Fsp3) is 0.367. The van der Waals surface area contributed by atoms with E-state index in [9.17, 15) is 9.18 Å². The SMILES string of the molecule is Cc1nc(CN2C(=O)c3c(nc(N4CCC[C@@H](N)C4)n3Cc3cc(F)ccc3N)N3CCCN=C23)nc2ccccc12. The van der Waals surface area contributed by atoms with Gasteiger partial charge in [0.25, 0.3) is 5.91 Å². The Morgan fingerprint density at radius 2 is 1.90 bits per heavy atom. The summed E-state index contributed by atoms with van der Waals surface area (Å²) in [7, 11) is 0. The van der Waals surface area contributed by atoms with Crippen LogP contribution >= 0.6 is 0 Å². The van der Waals surface area contributed by atoms with Gasteiger partial charge in [0.15, 0.2) is 11.5 Å². The third kappa shape index (κ3) is 4.51. The number of hydrogen-bond donors (Lipinski definition) is 2. The molecule has 0 radical (unpaired) electrons. The largest absolute Gasteiger partial charge is 0.398 e. The van der Waals surface area contributed by atoms with Crippen LogP contribution in [0.3, 0.4) is 0 Å². The number of fused-ring (bicyclic) bond motifs is 4. The Morgan fingerprint density at radius 1 is 1.05 bits per heavy atom. The number of para-hydroxylation sites is 1. The number of carbonyl (C=O) groups is 1. The number of guanidine groups is 1. The molecule has 5 heterocycles. The van der Waals surface area contributed by atoms with Crippen LogP contribution in [0.25, 0.3) is 10.9 Å². The highest BCUT2D eigenvalue weighted by Gasteiger charge is 2.42. The monoisotopic (exact) mass is 568 g/mol. The van der Waals surface area contributed by atoms with E-state index in [4.69, 9.17) is 31.4 Å². The van der Waals surface area contributed by atoms with Crippen LogP contribution in [-0.2, 0) is 13.1 Å². The summed E-state index contributed by atoms with van der Waals surface area (Å²) in [5.41, 5.74) is 15.7. The van der Waals surface area contributed by atoms with Crippen molar-refractivity contribution >= 4 is 40.2 Å². The first-order chi connectivity index (χ1) is 20.4. The van der Waals surface area contributed by atoms with Crippen molar-refractivity contribution < 1.29 is 9.18 Å². The number of carbonyl (C=O) groups excluding carboxylic acids is 1. The summed E-state index contributed by atoms with van der Waals surface area (Å²) in [6.45, 7) is 4.90. The molecule has 7 rings (SSSR count). The maximum atomic E-state index is 14.5. The molecule has 3 aliphatic rings. The molecule has 216 valence electrons. The third-order valence-electron chi connectivity index (χ3n) is 8.22. The molecule has 4 aromatic rings. The Labute approximate surface area is 242 Å². The molecule has 0 bridgehead atoms. The van der Waals surface area contributed by atoms with Crippen LogP contribution in [0.2, 0.25) is 0 Å². The Balaban J connectivity index is 1.36. The van der Waals surface area contributed by atoms with Gasteiger partial charge in [0.2, 0.25) is 11.9 Å². The van der Waals surface area contributed by atoms with Crippen LogP contribution in [0.4, 0.5) is 21.8 Å². The zero-order valence-corrected chi connectivity index (χ0v) is 23.5. The van der Waals surface area contributed by atoms with Crippen molar-refractivity contribution in [3.63, 3.8) is 0 Å². The zero-order valence-electron chi connectivity index (χ0n) is 23.5. The van der Waals surface area contributed by atoms with Gasteiger partial charge >= 0.3 is 0 Å². The van der Waals surface area contributed by atoms with Gasteiger partial charge in [0.05, 0.1) is 18.6 Å². The van der Waals surface area contributed by atoms with E-state index in [1.54, 1.807) is 11.0 Å². The highest BCUT2D eigenvalue weighted by atomic mass is 19.1. The zero-order chi connectivity index (χ0) is 29.0. The lowest BCUT2D eigenvalue weighted by atomic mass is 10.1. The number of piperidine rings is 1. The van der Waals surface area contributed by atoms with Gasteiger partial charge in [-0.15, -0.1) is 0 Å². The lowest BCUT2D eigenvalue weighted by molar-refractivity contribution is 0.0818. The minimum atomic E-state index is -0.392. The van der Waals surface area contributed by atoms with E-state index in [0.717, 1.165) is 42.4 Å². The molecule has 0 unspecified atom stereocenters. The van der Waals surface area contributed by atoms with Gasteiger partial charge < -0.3 is 16.4 Å². The van der Waals surface area contributed by atoms with Crippen molar-refractivity contribution in [3.8, 4) is 0 Å². The first-order valence-corrected chi connectivity index (χ1v) is 14.4. The Kier molecular flexibility index (Phi) is 6.49. The van der Waals surface area contributed by atoms with E-state index < -0.39 is 5.82 Å². The van der Waals surface area contributed by atoms with Crippen molar-refractivity contribution in [2.24, 2.45) is 10.7 Å². The number of aryl methyl sites for hydroxylation is 1. The summed E-state index contributed by atoms with van der Waals surface area (Å²) in [6.07, 6.45) is 2.66. The molecule has 1 atom stereocenters. The number of benzene rings is 2. The number of nitrogens with zero attached hydrogens (tertiary/aromatic N) is 8. The molecular weight excluding hydrogens is 535 g/mol. The average Bonchev–Trinajstić information content (AvgIpc) is 3.37. The molecule has 1 amide bonds. The fourth-order valence-electron chi connectivity index (χ4n) is 6.19. The topological polar surface area (TPSA) is 135 Å². The summed E-state index contributed by atoms with van der Waals surface area (Å²) < 4.78 is 16.2. The smallest absolute Gasteiger partial charge is 0.281 e. The second-order valence-corrected chi connectivity index (χ2v) is 11.2. The number of hydrogen-bond acceptors (Lipinski definition) is 9. The fourth-order valence-corrected chi connectivity index (χ4v) is 6.19. The molecule has 1 saturated heterocycles. The number of nitrogen functional groups attached to an aromatic ring is 1. The molecule has 2 aromatic carbocycles. The number of nitrogens with two attached hydrogens (primary N) is 2. The van der Waals surface area contributed by atoms with Gasteiger partial charge in [-0.25, -0.2) is 14.4 Å². The van der Waals surface area contributed by atoms with Gasteiger partial charge in [-0.05, 0) is 56.0 Å². The molecule has 4 N–H and O–H groups in total.